The maximum atomic E-state index is 12.7. The molecule has 2 aromatic heterocycles. The molecule has 0 saturated heterocycles. The lowest BCUT2D eigenvalue weighted by Gasteiger charge is -2.18. The molecule has 140 valence electrons. The first-order valence-electron chi connectivity index (χ1n) is 9.27. The van der Waals surface area contributed by atoms with Crippen LogP contribution in [0.4, 0.5) is 5.69 Å². The van der Waals surface area contributed by atoms with E-state index in [4.69, 9.17) is 0 Å². The first-order valence-corrected chi connectivity index (χ1v) is 10.1. The van der Waals surface area contributed by atoms with E-state index in [0.29, 0.717) is 21.8 Å². The summed E-state index contributed by atoms with van der Waals surface area (Å²) >= 11 is 1.51. The molecule has 0 fully saturated rings. The van der Waals surface area contributed by atoms with Gasteiger partial charge in [-0.1, -0.05) is 26.0 Å². The number of fused-ring (bicyclic) bond motifs is 3. The Morgan fingerprint density at radius 2 is 2.07 bits per heavy atom. The van der Waals surface area contributed by atoms with Crippen molar-refractivity contribution in [1.82, 2.24) is 4.98 Å². The molecular weight excluding hydrogens is 360 g/mol. The van der Waals surface area contributed by atoms with Crippen LogP contribution < -0.4 is 10.9 Å². The third kappa shape index (κ3) is 3.14. The highest BCUT2D eigenvalue weighted by atomic mass is 32.1. The van der Waals surface area contributed by atoms with E-state index in [9.17, 15) is 14.7 Å². The minimum atomic E-state index is -0.593. The Kier molecular flexibility index (Phi) is 4.52. The van der Waals surface area contributed by atoms with Crippen molar-refractivity contribution < 1.29 is 9.90 Å². The number of benzene rings is 1. The Morgan fingerprint density at radius 1 is 1.33 bits per heavy atom. The Bertz CT molecular complexity index is 1080. The number of aromatic nitrogens is 1. The molecule has 0 unspecified atom stereocenters. The number of rotatable bonds is 3. The van der Waals surface area contributed by atoms with Gasteiger partial charge in [-0.25, -0.2) is 0 Å². The number of pyridine rings is 1. The number of thiophene rings is 1. The average molecular weight is 382 g/mol. The molecule has 0 saturated carbocycles. The maximum absolute atomic E-state index is 12.7. The number of aromatic hydroxyl groups is 1. The summed E-state index contributed by atoms with van der Waals surface area (Å²) in [7, 11) is 0. The Hall–Kier alpha value is -2.60. The zero-order valence-corrected chi connectivity index (χ0v) is 16.2. The van der Waals surface area contributed by atoms with Gasteiger partial charge in [-0.2, -0.15) is 0 Å². The van der Waals surface area contributed by atoms with Gasteiger partial charge in [0, 0.05) is 10.6 Å². The summed E-state index contributed by atoms with van der Waals surface area (Å²) in [5, 5.41) is 14.1. The minimum absolute atomic E-state index is 0.205. The molecule has 0 aliphatic heterocycles. The number of carbonyl (C=O) groups excluding carboxylic acids is 1. The first-order chi connectivity index (χ1) is 13.0. The second-order valence-corrected chi connectivity index (χ2v) is 8.34. The van der Waals surface area contributed by atoms with Gasteiger partial charge in [0.2, 0.25) is 0 Å². The Morgan fingerprint density at radius 3 is 2.78 bits per heavy atom. The summed E-state index contributed by atoms with van der Waals surface area (Å²) in [5.74, 6) is -0.208. The smallest absolute Gasteiger partial charge is 0.265 e. The van der Waals surface area contributed by atoms with E-state index in [-0.39, 0.29) is 11.3 Å². The molecule has 0 spiro atoms. The summed E-state index contributed by atoms with van der Waals surface area (Å²) in [6.07, 6.45) is 3.76. The fourth-order valence-corrected chi connectivity index (χ4v) is 5.12. The molecule has 1 atom stereocenters. The Labute approximate surface area is 161 Å². The monoisotopic (exact) mass is 382 g/mol. The molecule has 2 heterocycles. The van der Waals surface area contributed by atoms with Crippen LogP contribution in [0.3, 0.4) is 0 Å². The lowest BCUT2D eigenvalue weighted by Crippen LogP contribution is -2.23. The van der Waals surface area contributed by atoms with Crippen molar-refractivity contribution in [3.63, 3.8) is 0 Å². The van der Waals surface area contributed by atoms with Crippen LogP contribution in [0.15, 0.2) is 29.1 Å². The third-order valence-electron chi connectivity index (χ3n) is 5.29. The number of carbonyl (C=O) groups is 1. The summed E-state index contributed by atoms with van der Waals surface area (Å²) in [6, 6.07) is 7.46. The molecule has 1 amide bonds. The molecule has 0 radical (unpaired) electrons. The topological polar surface area (TPSA) is 82.2 Å². The van der Waals surface area contributed by atoms with E-state index < -0.39 is 11.5 Å². The van der Waals surface area contributed by atoms with Crippen molar-refractivity contribution >= 4 is 33.1 Å². The predicted octanol–water partition coefficient (Wildman–Crippen LogP) is 4.23. The van der Waals surface area contributed by atoms with Gasteiger partial charge in [0.05, 0.1) is 5.39 Å². The maximum Gasteiger partial charge on any atom is 0.265 e. The van der Waals surface area contributed by atoms with E-state index >= 15 is 0 Å². The molecular formula is C21H22N2O3S. The SMILES string of the molecule is CCc1ccc(NC(=O)c2c(O)c3c4c(sc3[nH]c2=O)C[C@H](C)CC4)cc1. The van der Waals surface area contributed by atoms with Gasteiger partial charge in [-0.3, -0.25) is 9.59 Å². The lowest BCUT2D eigenvalue weighted by atomic mass is 9.89. The number of hydrogen-bond donors (Lipinski definition) is 3. The van der Waals surface area contributed by atoms with Crippen molar-refractivity contribution in [1.29, 1.82) is 0 Å². The van der Waals surface area contributed by atoms with E-state index in [1.807, 2.05) is 12.1 Å². The molecule has 1 aromatic carbocycles. The number of amides is 1. The van der Waals surface area contributed by atoms with Crippen molar-refractivity contribution in [2.24, 2.45) is 5.92 Å². The number of aromatic amines is 1. The van der Waals surface area contributed by atoms with E-state index in [1.54, 1.807) is 12.1 Å². The van der Waals surface area contributed by atoms with Crippen LogP contribution in [0.5, 0.6) is 5.75 Å². The quantitative estimate of drug-likeness (QED) is 0.634. The van der Waals surface area contributed by atoms with E-state index in [2.05, 4.69) is 24.1 Å². The van der Waals surface area contributed by atoms with Gasteiger partial charge in [-0.05, 0) is 54.9 Å². The van der Waals surface area contributed by atoms with Crippen molar-refractivity contribution in [3.8, 4) is 5.75 Å². The fourth-order valence-electron chi connectivity index (χ4n) is 3.72. The molecule has 4 rings (SSSR count). The number of H-pyrrole nitrogens is 1. The largest absolute Gasteiger partial charge is 0.506 e. The normalized spacial score (nSPS) is 16.3. The number of nitrogens with one attached hydrogen (secondary N) is 2. The van der Waals surface area contributed by atoms with Crippen LogP contribution in [0.2, 0.25) is 0 Å². The molecule has 1 aliphatic carbocycles. The highest BCUT2D eigenvalue weighted by Crippen LogP contribution is 2.41. The second-order valence-electron chi connectivity index (χ2n) is 7.24. The summed E-state index contributed by atoms with van der Waals surface area (Å²) in [4.78, 5) is 29.8. The number of anilines is 1. The van der Waals surface area contributed by atoms with Gasteiger partial charge < -0.3 is 15.4 Å². The number of aryl methyl sites for hydroxylation is 2. The van der Waals surface area contributed by atoms with Crippen molar-refractivity contribution in [2.45, 2.75) is 39.5 Å². The van der Waals surface area contributed by atoms with Crippen LogP contribution in [-0.4, -0.2) is 16.0 Å². The van der Waals surface area contributed by atoms with Gasteiger partial charge >= 0.3 is 0 Å². The molecule has 5 nitrogen and oxygen atoms in total. The average Bonchev–Trinajstić information content (AvgIpc) is 2.99. The molecule has 6 heteroatoms. The van der Waals surface area contributed by atoms with Crippen molar-refractivity contribution in [2.75, 3.05) is 5.32 Å². The molecule has 0 bridgehead atoms. The van der Waals surface area contributed by atoms with Crippen LogP contribution in [-0.2, 0) is 19.3 Å². The lowest BCUT2D eigenvalue weighted by molar-refractivity contribution is 0.102. The standard InChI is InChI=1S/C21H22N2O3S/c1-3-12-5-7-13(8-6-12)22-19(25)17-18(24)16-14-9-4-11(2)10-15(14)27-21(16)23-20(17)26/h5-8,11H,3-4,9-10H2,1-2H3,(H,22,25)(H2,23,24,26)/t11-/m1/s1. The minimum Gasteiger partial charge on any atom is -0.506 e. The molecule has 27 heavy (non-hydrogen) atoms. The summed E-state index contributed by atoms with van der Waals surface area (Å²) in [5.41, 5.74) is 2.05. The zero-order valence-electron chi connectivity index (χ0n) is 15.4. The highest BCUT2D eigenvalue weighted by molar-refractivity contribution is 7.18. The molecule has 3 aromatic rings. The molecule has 3 N–H and O–H groups in total. The van der Waals surface area contributed by atoms with Crippen molar-refractivity contribution in [3.05, 3.63) is 56.2 Å². The van der Waals surface area contributed by atoms with Crippen LogP contribution >= 0.6 is 11.3 Å². The van der Waals surface area contributed by atoms with Gasteiger partial charge in [0.15, 0.2) is 0 Å². The van der Waals surface area contributed by atoms with Gasteiger partial charge in [-0.15, -0.1) is 11.3 Å². The fraction of sp³-hybridized carbons (Fsp3) is 0.333. The van der Waals surface area contributed by atoms with Gasteiger partial charge in [0.1, 0.15) is 16.1 Å². The van der Waals surface area contributed by atoms with Crippen LogP contribution in [0.25, 0.3) is 10.2 Å². The zero-order chi connectivity index (χ0) is 19.1. The van der Waals surface area contributed by atoms with Crippen LogP contribution in [0, 0.1) is 5.92 Å². The Balaban J connectivity index is 1.74. The predicted molar refractivity (Wildman–Crippen MR) is 109 cm³/mol. The second kappa shape index (κ2) is 6.85. The van der Waals surface area contributed by atoms with E-state index in [1.165, 1.54) is 16.2 Å². The van der Waals surface area contributed by atoms with Crippen LogP contribution in [0.1, 0.15) is 46.6 Å². The first kappa shape index (κ1) is 17.8. The molecule has 1 aliphatic rings. The summed E-state index contributed by atoms with van der Waals surface area (Å²) in [6.45, 7) is 4.27. The van der Waals surface area contributed by atoms with E-state index in [0.717, 1.165) is 36.8 Å². The summed E-state index contributed by atoms with van der Waals surface area (Å²) < 4.78 is 0. The number of hydrogen-bond acceptors (Lipinski definition) is 4. The van der Waals surface area contributed by atoms with Gasteiger partial charge in [0.25, 0.3) is 11.5 Å². The highest BCUT2D eigenvalue weighted by Gasteiger charge is 2.27. The third-order valence-corrected chi connectivity index (χ3v) is 6.46.